The van der Waals surface area contributed by atoms with Gasteiger partial charge < -0.3 is 5.73 Å². The van der Waals surface area contributed by atoms with Crippen molar-refractivity contribution in [3.8, 4) is 0 Å². The molecule has 0 aliphatic rings. The lowest BCUT2D eigenvalue weighted by atomic mass is 10.1. The lowest BCUT2D eigenvalue weighted by Gasteiger charge is -2.04. The first-order valence-electron chi connectivity index (χ1n) is 6.66. The molecule has 0 saturated heterocycles. The Kier molecular flexibility index (Phi) is 3.67. The van der Waals surface area contributed by atoms with Crippen molar-refractivity contribution in [2.75, 3.05) is 11.1 Å². The molecule has 0 radical (unpaired) electrons. The number of aromatic nitrogens is 1. The molecule has 0 bridgehead atoms. The zero-order valence-corrected chi connectivity index (χ0v) is 12.9. The van der Waals surface area contributed by atoms with Crippen LogP contribution in [0.15, 0.2) is 36.4 Å². The molecule has 3 rings (SSSR count). The van der Waals surface area contributed by atoms with Gasteiger partial charge >= 0.3 is 0 Å². The summed E-state index contributed by atoms with van der Waals surface area (Å²) in [6, 6.07) is 9.54. The van der Waals surface area contributed by atoms with Crippen molar-refractivity contribution in [1.29, 1.82) is 0 Å². The molecular formula is C15H12N4O3S. The number of benzene rings is 2. The number of nitrogens with zero attached hydrogens (tertiary/aromatic N) is 2. The van der Waals surface area contributed by atoms with Gasteiger partial charge in [-0.05, 0) is 30.7 Å². The Morgan fingerprint density at radius 2 is 2.09 bits per heavy atom. The van der Waals surface area contributed by atoms with Gasteiger partial charge in [-0.15, -0.1) is 0 Å². The van der Waals surface area contributed by atoms with Crippen LogP contribution < -0.4 is 11.1 Å². The number of carbonyl (C=O) groups is 1. The third kappa shape index (κ3) is 2.97. The standard InChI is InChI=1S/C15H12N4O3S/c1-8-2-5-12-13(6-8)23-15(17-12)18-14(20)10-7-9(19(21)22)3-4-11(10)16/h2-7H,16H2,1H3,(H,17,18,20). The normalized spacial score (nSPS) is 10.7. The first-order valence-corrected chi connectivity index (χ1v) is 7.48. The summed E-state index contributed by atoms with van der Waals surface area (Å²) in [5.74, 6) is -0.526. The monoisotopic (exact) mass is 328 g/mol. The van der Waals surface area contributed by atoms with E-state index in [0.717, 1.165) is 21.8 Å². The van der Waals surface area contributed by atoms with E-state index in [-0.39, 0.29) is 16.9 Å². The minimum atomic E-state index is -0.573. The lowest BCUT2D eigenvalue weighted by Crippen LogP contribution is -2.14. The predicted octanol–water partition coefficient (Wildman–Crippen LogP) is 3.35. The summed E-state index contributed by atoms with van der Waals surface area (Å²) in [6.45, 7) is 1.97. The highest BCUT2D eigenvalue weighted by Crippen LogP contribution is 2.28. The van der Waals surface area contributed by atoms with E-state index in [1.165, 1.54) is 23.5 Å². The quantitative estimate of drug-likeness (QED) is 0.435. The second-order valence-corrected chi connectivity index (χ2v) is 6.00. The highest BCUT2D eigenvalue weighted by atomic mass is 32.1. The van der Waals surface area contributed by atoms with Crippen LogP contribution in [0.25, 0.3) is 10.2 Å². The number of amides is 1. The second-order valence-electron chi connectivity index (χ2n) is 4.97. The molecule has 8 heteroatoms. The highest BCUT2D eigenvalue weighted by molar-refractivity contribution is 7.22. The Morgan fingerprint density at radius 1 is 1.30 bits per heavy atom. The summed E-state index contributed by atoms with van der Waals surface area (Å²) in [5.41, 5.74) is 7.65. The Balaban J connectivity index is 1.91. The number of fused-ring (bicyclic) bond motifs is 1. The Hall–Kier alpha value is -3.00. The van der Waals surface area contributed by atoms with Crippen molar-refractivity contribution in [1.82, 2.24) is 4.98 Å². The van der Waals surface area contributed by atoms with Gasteiger partial charge in [0.15, 0.2) is 5.13 Å². The minimum Gasteiger partial charge on any atom is -0.398 e. The Morgan fingerprint density at radius 3 is 2.83 bits per heavy atom. The maximum absolute atomic E-state index is 12.3. The molecule has 0 saturated carbocycles. The second kappa shape index (κ2) is 5.65. The zero-order valence-electron chi connectivity index (χ0n) is 12.1. The average molecular weight is 328 g/mol. The van der Waals surface area contributed by atoms with Crippen molar-refractivity contribution < 1.29 is 9.72 Å². The van der Waals surface area contributed by atoms with Gasteiger partial charge in [-0.2, -0.15) is 0 Å². The SMILES string of the molecule is Cc1ccc2nc(NC(=O)c3cc([N+](=O)[O-])ccc3N)sc2c1. The van der Waals surface area contributed by atoms with Gasteiger partial charge in [-0.25, -0.2) is 4.98 Å². The lowest BCUT2D eigenvalue weighted by molar-refractivity contribution is -0.384. The molecular weight excluding hydrogens is 316 g/mol. The number of hydrogen-bond donors (Lipinski definition) is 2. The molecule has 2 aromatic carbocycles. The molecule has 0 unspecified atom stereocenters. The molecule has 3 aromatic rings. The van der Waals surface area contributed by atoms with Gasteiger partial charge in [0, 0.05) is 17.8 Å². The van der Waals surface area contributed by atoms with Gasteiger partial charge in [0.2, 0.25) is 0 Å². The van der Waals surface area contributed by atoms with E-state index in [4.69, 9.17) is 5.73 Å². The van der Waals surface area contributed by atoms with E-state index in [2.05, 4.69) is 10.3 Å². The molecule has 0 atom stereocenters. The highest BCUT2D eigenvalue weighted by Gasteiger charge is 2.17. The van der Waals surface area contributed by atoms with Gasteiger partial charge in [-0.1, -0.05) is 17.4 Å². The summed E-state index contributed by atoms with van der Waals surface area (Å²) in [7, 11) is 0. The third-order valence-corrected chi connectivity index (χ3v) is 4.19. The van der Waals surface area contributed by atoms with Crippen LogP contribution in [0.4, 0.5) is 16.5 Å². The third-order valence-electron chi connectivity index (χ3n) is 3.26. The van der Waals surface area contributed by atoms with Crippen LogP contribution in [0.2, 0.25) is 0 Å². The molecule has 1 aromatic heterocycles. The maximum Gasteiger partial charge on any atom is 0.270 e. The van der Waals surface area contributed by atoms with E-state index in [1.54, 1.807) is 0 Å². The molecule has 0 fully saturated rings. The van der Waals surface area contributed by atoms with Gasteiger partial charge in [0.25, 0.3) is 11.6 Å². The number of nitrogens with one attached hydrogen (secondary N) is 1. The number of non-ortho nitro benzene ring substituents is 1. The van der Waals surface area contributed by atoms with Crippen LogP contribution in [0.5, 0.6) is 0 Å². The van der Waals surface area contributed by atoms with Crippen LogP contribution in [-0.2, 0) is 0 Å². The van der Waals surface area contributed by atoms with Crippen LogP contribution in [0.1, 0.15) is 15.9 Å². The maximum atomic E-state index is 12.3. The Labute approximate surface area is 134 Å². The summed E-state index contributed by atoms with van der Waals surface area (Å²) in [4.78, 5) is 26.9. The van der Waals surface area contributed by atoms with Crippen LogP contribution in [-0.4, -0.2) is 15.8 Å². The molecule has 0 aliphatic heterocycles. The van der Waals surface area contributed by atoms with Crippen molar-refractivity contribution in [2.24, 2.45) is 0 Å². The molecule has 3 N–H and O–H groups in total. The van der Waals surface area contributed by atoms with Crippen molar-refractivity contribution >= 4 is 44.0 Å². The predicted molar refractivity (Wildman–Crippen MR) is 89.8 cm³/mol. The summed E-state index contributed by atoms with van der Waals surface area (Å²) in [5, 5.41) is 13.9. The fraction of sp³-hybridized carbons (Fsp3) is 0.0667. The number of nitrogen functional groups attached to an aromatic ring is 1. The Bertz CT molecular complexity index is 936. The number of nitrogens with two attached hydrogens (primary N) is 1. The van der Waals surface area contributed by atoms with E-state index >= 15 is 0 Å². The summed E-state index contributed by atoms with van der Waals surface area (Å²) >= 11 is 1.33. The number of rotatable bonds is 3. The first kappa shape index (κ1) is 14.9. The smallest absolute Gasteiger partial charge is 0.270 e. The fourth-order valence-electron chi connectivity index (χ4n) is 2.10. The minimum absolute atomic E-state index is 0.0506. The van der Waals surface area contributed by atoms with Crippen LogP contribution in [0, 0.1) is 17.0 Å². The first-order chi connectivity index (χ1) is 10.9. The number of thiazole rings is 1. The van der Waals surface area contributed by atoms with E-state index in [0.29, 0.717) is 5.13 Å². The largest absolute Gasteiger partial charge is 0.398 e. The van der Waals surface area contributed by atoms with Crippen molar-refractivity contribution in [3.05, 3.63) is 57.6 Å². The zero-order chi connectivity index (χ0) is 16.6. The number of nitro benzene ring substituents is 1. The number of anilines is 2. The number of aryl methyl sites for hydroxylation is 1. The molecule has 1 heterocycles. The van der Waals surface area contributed by atoms with Gasteiger partial charge in [0.1, 0.15) is 0 Å². The van der Waals surface area contributed by atoms with Gasteiger partial charge in [0.05, 0.1) is 20.7 Å². The van der Waals surface area contributed by atoms with Crippen LogP contribution in [0.3, 0.4) is 0 Å². The summed E-state index contributed by atoms with van der Waals surface area (Å²) in [6.07, 6.45) is 0. The molecule has 7 nitrogen and oxygen atoms in total. The van der Waals surface area contributed by atoms with E-state index in [1.807, 2.05) is 25.1 Å². The van der Waals surface area contributed by atoms with Crippen molar-refractivity contribution in [3.63, 3.8) is 0 Å². The number of nitro groups is 1. The number of hydrogen-bond acceptors (Lipinski definition) is 6. The molecule has 1 amide bonds. The van der Waals surface area contributed by atoms with Crippen LogP contribution >= 0.6 is 11.3 Å². The molecule has 0 aliphatic carbocycles. The molecule has 0 spiro atoms. The van der Waals surface area contributed by atoms with Crippen molar-refractivity contribution in [2.45, 2.75) is 6.92 Å². The number of carbonyl (C=O) groups excluding carboxylic acids is 1. The molecule has 116 valence electrons. The van der Waals surface area contributed by atoms with E-state index < -0.39 is 10.8 Å². The average Bonchev–Trinajstić information content (AvgIpc) is 2.88. The topological polar surface area (TPSA) is 111 Å². The fourth-order valence-corrected chi connectivity index (χ4v) is 3.06. The van der Waals surface area contributed by atoms with E-state index in [9.17, 15) is 14.9 Å². The summed E-state index contributed by atoms with van der Waals surface area (Å²) < 4.78 is 0.951. The van der Waals surface area contributed by atoms with Gasteiger partial charge in [-0.3, -0.25) is 20.2 Å². The molecule has 23 heavy (non-hydrogen) atoms.